The Morgan fingerprint density at radius 1 is 1.12 bits per heavy atom. The summed E-state index contributed by atoms with van der Waals surface area (Å²) < 4.78 is 11.6. The van der Waals surface area contributed by atoms with Crippen molar-refractivity contribution in [1.29, 1.82) is 0 Å². The normalized spacial score (nSPS) is 14.3. The van der Waals surface area contributed by atoms with Gasteiger partial charge in [-0.05, 0) is 62.9 Å². The minimum atomic E-state index is -0.531. The molecule has 0 saturated heterocycles. The molecule has 1 aromatic carbocycles. The lowest BCUT2D eigenvalue weighted by Crippen LogP contribution is -2.36. The summed E-state index contributed by atoms with van der Waals surface area (Å²) in [5.41, 5.74) is 2.29. The maximum Gasteiger partial charge on any atom is 0.340 e. The molecule has 4 rings (SSSR count). The second-order valence-corrected chi connectivity index (χ2v) is 8.83. The van der Waals surface area contributed by atoms with Crippen molar-refractivity contribution in [1.82, 2.24) is 15.6 Å². The minimum absolute atomic E-state index is 0.0942. The van der Waals surface area contributed by atoms with Gasteiger partial charge >= 0.3 is 5.63 Å². The number of fused-ring (bicyclic) bond motifs is 2. The molecule has 0 aliphatic carbocycles. The highest BCUT2D eigenvalue weighted by atomic mass is 16.5. The molecule has 8 nitrogen and oxygen atoms in total. The third-order valence-electron chi connectivity index (χ3n) is 5.86. The second kappa shape index (κ2) is 9.05. The predicted octanol–water partition coefficient (Wildman–Crippen LogP) is 2.69. The Hall–Kier alpha value is -3.68. The standard InChI is InChI=1S/C25H27N3O5/c1-15-18-12-17-4-7-25(2,3)33-20(17)14-21(18)32-24(31)19(15)13-22(29)27-10-11-28-23(30)16-5-8-26-9-6-16/h5-6,8-9,12,14H,4,7,10-11,13H2,1-3H3,(H,27,29)(H,28,30). The number of carbonyl (C=O) groups is 2. The molecular weight excluding hydrogens is 422 g/mol. The van der Waals surface area contributed by atoms with Gasteiger partial charge in [-0.2, -0.15) is 0 Å². The smallest absolute Gasteiger partial charge is 0.340 e. The van der Waals surface area contributed by atoms with E-state index in [0.717, 1.165) is 35.1 Å². The Morgan fingerprint density at radius 3 is 2.61 bits per heavy atom. The highest BCUT2D eigenvalue weighted by Crippen LogP contribution is 2.36. The molecule has 0 bridgehead atoms. The second-order valence-electron chi connectivity index (χ2n) is 8.83. The van der Waals surface area contributed by atoms with E-state index in [2.05, 4.69) is 15.6 Å². The zero-order valence-corrected chi connectivity index (χ0v) is 19.0. The van der Waals surface area contributed by atoms with Crippen LogP contribution in [0.15, 0.2) is 45.9 Å². The summed E-state index contributed by atoms with van der Waals surface area (Å²) in [4.78, 5) is 40.9. The molecule has 8 heteroatoms. The van der Waals surface area contributed by atoms with E-state index in [-0.39, 0.29) is 36.9 Å². The van der Waals surface area contributed by atoms with Gasteiger partial charge in [-0.25, -0.2) is 4.79 Å². The average molecular weight is 450 g/mol. The summed E-state index contributed by atoms with van der Waals surface area (Å²) in [6.07, 6.45) is 4.75. The lowest BCUT2D eigenvalue weighted by molar-refractivity contribution is -0.120. The zero-order chi connectivity index (χ0) is 23.6. The molecule has 33 heavy (non-hydrogen) atoms. The number of amides is 2. The van der Waals surface area contributed by atoms with Gasteiger partial charge in [0, 0.05) is 42.5 Å². The lowest BCUT2D eigenvalue weighted by Gasteiger charge is -2.32. The molecular formula is C25H27N3O5. The summed E-state index contributed by atoms with van der Waals surface area (Å²) in [6, 6.07) is 6.99. The Morgan fingerprint density at radius 2 is 1.85 bits per heavy atom. The van der Waals surface area contributed by atoms with Gasteiger partial charge in [0.25, 0.3) is 5.91 Å². The molecule has 0 radical (unpaired) electrons. The van der Waals surface area contributed by atoms with Crippen LogP contribution in [-0.4, -0.2) is 35.5 Å². The number of hydrogen-bond donors (Lipinski definition) is 2. The van der Waals surface area contributed by atoms with Crippen molar-refractivity contribution in [2.75, 3.05) is 13.1 Å². The molecule has 2 amide bonds. The molecule has 2 aromatic heterocycles. The third kappa shape index (κ3) is 5.05. The van der Waals surface area contributed by atoms with Crippen LogP contribution in [0.4, 0.5) is 0 Å². The van der Waals surface area contributed by atoms with Gasteiger partial charge in [0.15, 0.2) is 0 Å². The Labute approximate surface area is 191 Å². The predicted molar refractivity (Wildman–Crippen MR) is 124 cm³/mol. The number of nitrogens with one attached hydrogen (secondary N) is 2. The Kier molecular flexibility index (Phi) is 6.18. The summed E-state index contributed by atoms with van der Waals surface area (Å²) in [7, 11) is 0. The van der Waals surface area contributed by atoms with Crippen molar-refractivity contribution < 1.29 is 18.7 Å². The number of aromatic nitrogens is 1. The van der Waals surface area contributed by atoms with Crippen LogP contribution in [0.5, 0.6) is 5.75 Å². The summed E-state index contributed by atoms with van der Waals surface area (Å²) in [6.45, 7) is 6.41. The van der Waals surface area contributed by atoms with Crippen LogP contribution in [0.25, 0.3) is 11.0 Å². The maximum atomic E-state index is 12.6. The largest absolute Gasteiger partial charge is 0.487 e. The van der Waals surface area contributed by atoms with E-state index in [0.29, 0.717) is 16.7 Å². The van der Waals surface area contributed by atoms with Crippen LogP contribution in [0.1, 0.15) is 47.3 Å². The number of ether oxygens (including phenoxy) is 1. The van der Waals surface area contributed by atoms with E-state index in [1.165, 1.54) is 12.4 Å². The molecule has 0 spiro atoms. The number of nitrogens with zero attached hydrogens (tertiary/aromatic N) is 1. The first-order chi connectivity index (χ1) is 15.7. The van der Waals surface area contributed by atoms with Crippen molar-refractivity contribution in [2.45, 2.75) is 45.6 Å². The van der Waals surface area contributed by atoms with Gasteiger partial charge in [-0.1, -0.05) is 0 Å². The molecule has 0 atom stereocenters. The molecule has 1 aliphatic heterocycles. The fourth-order valence-electron chi connectivity index (χ4n) is 3.95. The van der Waals surface area contributed by atoms with Crippen molar-refractivity contribution in [2.24, 2.45) is 0 Å². The van der Waals surface area contributed by atoms with Gasteiger partial charge in [-0.15, -0.1) is 0 Å². The number of rotatable bonds is 6. The number of aryl methyl sites for hydroxylation is 2. The number of hydrogen-bond acceptors (Lipinski definition) is 6. The van der Waals surface area contributed by atoms with Gasteiger partial charge in [0.1, 0.15) is 16.9 Å². The number of benzene rings is 1. The van der Waals surface area contributed by atoms with E-state index in [4.69, 9.17) is 9.15 Å². The summed E-state index contributed by atoms with van der Waals surface area (Å²) in [5.74, 6) is 0.180. The van der Waals surface area contributed by atoms with Crippen LogP contribution in [-0.2, 0) is 17.6 Å². The van der Waals surface area contributed by atoms with Gasteiger partial charge in [-0.3, -0.25) is 14.6 Å². The van der Waals surface area contributed by atoms with E-state index < -0.39 is 5.63 Å². The highest BCUT2D eigenvalue weighted by molar-refractivity contribution is 5.94. The van der Waals surface area contributed by atoms with Crippen LogP contribution in [0.2, 0.25) is 0 Å². The zero-order valence-electron chi connectivity index (χ0n) is 19.0. The fraction of sp³-hybridized carbons (Fsp3) is 0.360. The van der Waals surface area contributed by atoms with Gasteiger partial charge in [0.2, 0.25) is 5.91 Å². The van der Waals surface area contributed by atoms with Crippen molar-refractivity contribution in [3.63, 3.8) is 0 Å². The Balaban J connectivity index is 1.41. The maximum absolute atomic E-state index is 12.6. The van der Waals surface area contributed by atoms with E-state index in [1.807, 2.05) is 26.8 Å². The van der Waals surface area contributed by atoms with Crippen molar-refractivity contribution in [3.8, 4) is 5.75 Å². The topological polar surface area (TPSA) is 111 Å². The fourth-order valence-corrected chi connectivity index (χ4v) is 3.95. The number of carbonyl (C=O) groups excluding carboxylic acids is 2. The van der Waals surface area contributed by atoms with Crippen LogP contribution in [0, 0.1) is 6.92 Å². The van der Waals surface area contributed by atoms with E-state index >= 15 is 0 Å². The summed E-state index contributed by atoms with van der Waals surface area (Å²) in [5, 5.41) is 6.27. The number of pyridine rings is 1. The van der Waals surface area contributed by atoms with Crippen LogP contribution in [0.3, 0.4) is 0 Å². The highest BCUT2D eigenvalue weighted by Gasteiger charge is 2.27. The van der Waals surface area contributed by atoms with Crippen molar-refractivity contribution in [3.05, 3.63) is 69.3 Å². The Bertz CT molecular complexity index is 1260. The average Bonchev–Trinajstić information content (AvgIpc) is 2.78. The molecule has 0 saturated carbocycles. The SMILES string of the molecule is Cc1c(CC(=O)NCCNC(=O)c2ccncc2)c(=O)oc2cc3c(cc12)CCC(C)(C)O3. The third-order valence-corrected chi connectivity index (χ3v) is 5.86. The molecule has 2 N–H and O–H groups in total. The van der Waals surface area contributed by atoms with E-state index in [1.54, 1.807) is 18.2 Å². The van der Waals surface area contributed by atoms with Gasteiger partial charge < -0.3 is 19.8 Å². The first-order valence-corrected chi connectivity index (χ1v) is 11.0. The van der Waals surface area contributed by atoms with E-state index in [9.17, 15) is 14.4 Å². The molecule has 172 valence electrons. The van der Waals surface area contributed by atoms with Crippen LogP contribution < -0.4 is 21.0 Å². The first kappa shape index (κ1) is 22.5. The van der Waals surface area contributed by atoms with Crippen LogP contribution >= 0.6 is 0 Å². The molecule has 3 heterocycles. The first-order valence-electron chi connectivity index (χ1n) is 11.0. The monoisotopic (exact) mass is 449 g/mol. The molecule has 3 aromatic rings. The molecule has 1 aliphatic rings. The van der Waals surface area contributed by atoms with Gasteiger partial charge in [0.05, 0.1) is 12.0 Å². The molecule has 0 unspecified atom stereocenters. The molecule has 0 fully saturated rings. The summed E-state index contributed by atoms with van der Waals surface area (Å²) >= 11 is 0. The quantitative estimate of drug-likeness (QED) is 0.442. The lowest BCUT2D eigenvalue weighted by atomic mass is 9.92. The minimum Gasteiger partial charge on any atom is -0.487 e. The van der Waals surface area contributed by atoms with Crippen molar-refractivity contribution >= 4 is 22.8 Å².